The molecule has 0 aromatic heterocycles. The molecule has 2 nitrogen and oxygen atoms in total. The van der Waals surface area contributed by atoms with Gasteiger partial charge in [0, 0.05) is 12.5 Å². The SMILES string of the molecule is O=CC1C=C(CCCCCCCCCCO)CCC1. The summed E-state index contributed by atoms with van der Waals surface area (Å²) in [7, 11) is 0. The van der Waals surface area contributed by atoms with Crippen LogP contribution in [0, 0.1) is 5.92 Å². The molecule has 1 N–H and O–H groups in total. The summed E-state index contributed by atoms with van der Waals surface area (Å²) in [5.74, 6) is 0.204. The molecule has 0 aromatic rings. The number of rotatable bonds is 11. The number of unbranched alkanes of at least 4 members (excludes halogenated alkanes) is 7. The van der Waals surface area contributed by atoms with E-state index in [9.17, 15) is 4.79 Å². The summed E-state index contributed by atoms with van der Waals surface area (Å²) in [5.41, 5.74) is 1.52. The fourth-order valence-electron chi connectivity index (χ4n) is 2.87. The van der Waals surface area contributed by atoms with Crippen LogP contribution in [0.15, 0.2) is 11.6 Å². The van der Waals surface area contributed by atoms with Crippen LogP contribution >= 0.6 is 0 Å². The molecule has 1 unspecified atom stereocenters. The lowest BCUT2D eigenvalue weighted by atomic mass is 9.89. The molecule has 0 bridgehead atoms. The van der Waals surface area contributed by atoms with Crippen LogP contribution in [0.5, 0.6) is 0 Å². The Morgan fingerprint density at radius 2 is 1.68 bits per heavy atom. The number of aldehydes is 1. The highest BCUT2D eigenvalue weighted by Crippen LogP contribution is 2.25. The van der Waals surface area contributed by atoms with Gasteiger partial charge in [-0.25, -0.2) is 0 Å². The average molecular weight is 266 g/mol. The molecule has 19 heavy (non-hydrogen) atoms. The molecule has 0 heterocycles. The number of aliphatic hydroxyl groups excluding tert-OH is 1. The minimum absolute atomic E-state index is 0.204. The molecule has 0 spiro atoms. The molecule has 0 saturated heterocycles. The second kappa shape index (κ2) is 11.2. The highest BCUT2D eigenvalue weighted by atomic mass is 16.2. The maximum absolute atomic E-state index is 10.8. The number of allylic oxidation sites excluding steroid dienone is 2. The monoisotopic (exact) mass is 266 g/mol. The topological polar surface area (TPSA) is 37.3 Å². The zero-order chi connectivity index (χ0) is 13.8. The normalized spacial score (nSPS) is 19.2. The summed E-state index contributed by atoms with van der Waals surface area (Å²) in [5, 5.41) is 8.67. The Morgan fingerprint density at radius 3 is 2.32 bits per heavy atom. The van der Waals surface area contributed by atoms with Gasteiger partial charge in [-0.2, -0.15) is 0 Å². The number of aliphatic hydroxyl groups is 1. The van der Waals surface area contributed by atoms with E-state index in [1.165, 1.54) is 69.8 Å². The molecule has 1 aliphatic rings. The van der Waals surface area contributed by atoms with Gasteiger partial charge in [0.2, 0.25) is 0 Å². The Morgan fingerprint density at radius 1 is 1.05 bits per heavy atom. The molecule has 0 aliphatic heterocycles. The highest BCUT2D eigenvalue weighted by molar-refractivity contribution is 5.57. The number of hydrogen-bond donors (Lipinski definition) is 1. The van der Waals surface area contributed by atoms with Crippen LogP contribution < -0.4 is 0 Å². The molecule has 1 rings (SSSR count). The van der Waals surface area contributed by atoms with Crippen LogP contribution in [0.4, 0.5) is 0 Å². The minimum Gasteiger partial charge on any atom is -0.396 e. The van der Waals surface area contributed by atoms with E-state index >= 15 is 0 Å². The first kappa shape index (κ1) is 16.4. The molecule has 1 aliphatic carbocycles. The van der Waals surface area contributed by atoms with E-state index in [2.05, 4.69) is 6.08 Å². The predicted octanol–water partition coefficient (Wildman–Crippen LogP) is 4.42. The van der Waals surface area contributed by atoms with Crippen LogP contribution in [0.25, 0.3) is 0 Å². The zero-order valence-corrected chi connectivity index (χ0v) is 12.3. The fourth-order valence-corrected chi connectivity index (χ4v) is 2.87. The fraction of sp³-hybridized carbons (Fsp3) is 0.824. The Bertz CT molecular complexity index is 258. The first-order valence-corrected chi connectivity index (χ1v) is 8.12. The summed E-state index contributed by atoms with van der Waals surface area (Å²) < 4.78 is 0. The zero-order valence-electron chi connectivity index (χ0n) is 12.3. The van der Waals surface area contributed by atoms with E-state index in [4.69, 9.17) is 5.11 Å². The second-order valence-electron chi connectivity index (χ2n) is 5.82. The smallest absolute Gasteiger partial charge is 0.126 e. The molecule has 0 radical (unpaired) electrons. The van der Waals surface area contributed by atoms with Gasteiger partial charge >= 0.3 is 0 Å². The van der Waals surface area contributed by atoms with Crippen LogP contribution in [-0.4, -0.2) is 18.0 Å². The maximum Gasteiger partial charge on any atom is 0.126 e. The molecule has 0 saturated carbocycles. The van der Waals surface area contributed by atoms with E-state index in [0.717, 1.165) is 19.1 Å². The van der Waals surface area contributed by atoms with Crippen molar-refractivity contribution in [3.8, 4) is 0 Å². The van der Waals surface area contributed by atoms with E-state index < -0.39 is 0 Å². The van der Waals surface area contributed by atoms with Crippen molar-refractivity contribution in [1.29, 1.82) is 0 Å². The molecular formula is C17H30O2. The van der Waals surface area contributed by atoms with Crippen molar-refractivity contribution < 1.29 is 9.90 Å². The number of hydrogen-bond acceptors (Lipinski definition) is 2. The number of carbonyl (C=O) groups excluding carboxylic acids is 1. The summed E-state index contributed by atoms with van der Waals surface area (Å²) >= 11 is 0. The van der Waals surface area contributed by atoms with E-state index in [1.54, 1.807) is 0 Å². The van der Waals surface area contributed by atoms with Crippen molar-refractivity contribution in [1.82, 2.24) is 0 Å². The maximum atomic E-state index is 10.8. The summed E-state index contributed by atoms with van der Waals surface area (Å²) in [4.78, 5) is 10.8. The third kappa shape index (κ3) is 8.20. The average Bonchev–Trinajstić information content (AvgIpc) is 2.46. The summed E-state index contributed by atoms with van der Waals surface area (Å²) in [6.07, 6.45) is 18.0. The van der Waals surface area contributed by atoms with Gasteiger partial charge in [0.15, 0.2) is 0 Å². The van der Waals surface area contributed by atoms with E-state index in [0.29, 0.717) is 6.61 Å². The molecular weight excluding hydrogens is 236 g/mol. The third-order valence-corrected chi connectivity index (χ3v) is 4.07. The molecule has 0 amide bonds. The minimum atomic E-state index is 0.204. The van der Waals surface area contributed by atoms with E-state index in [1.807, 2.05) is 0 Å². The van der Waals surface area contributed by atoms with Gasteiger partial charge < -0.3 is 9.90 Å². The molecule has 2 heteroatoms. The quantitative estimate of drug-likeness (QED) is 0.341. The van der Waals surface area contributed by atoms with Gasteiger partial charge in [0.25, 0.3) is 0 Å². The lowest BCUT2D eigenvalue weighted by Crippen LogP contribution is -2.05. The van der Waals surface area contributed by atoms with Crippen molar-refractivity contribution in [2.45, 2.75) is 77.0 Å². The van der Waals surface area contributed by atoms with Crippen LogP contribution in [0.3, 0.4) is 0 Å². The van der Waals surface area contributed by atoms with Crippen molar-refractivity contribution in [3.05, 3.63) is 11.6 Å². The van der Waals surface area contributed by atoms with Gasteiger partial charge in [0.1, 0.15) is 6.29 Å². The Hall–Kier alpha value is -0.630. The first-order valence-electron chi connectivity index (χ1n) is 8.12. The Kier molecular flexibility index (Phi) is 9.70. The van der Waals surface area contributed by atoms with Crippen molar-refractivity contribution in [3.63, 3.8) is 0 Å². The Labute approximate surface area is 118 Å². The second-order valence-corrected chi connectivity index (χ2v) is 5.82. The predicted molar refractivity (Wildman–Crippen MR) is 80.1 cm³/mol. The first-order chi connectivity index (χ1) is 9.36. The Balaban J connectivity index is 1.93. The van der Waals surface area contributed by atoms with Crippen molar-refractivity contribution >= 4 is 6.29 Å². The van der Waals surface area contributed by atoms with Gasteiger partial charge in [-0.15, -0.1) is 0 Å². The third-order valence-electron chi connectivity index (χ3n) is 4.07. The lowest BCUT2D eigenvalue weighted by Gasteiger charge is -2.16. The molecule has 0 aromatic carbocycles. The van der Waals surface area contributed by atoms with Gasteiger partial charge in [-0.05, 0) is 38.5 Å². The van der Waals surface area contributed by atoms with Gasteiger partial charge in [-0.1, -0.05) is 50.2 Å². The standard InChI is InChI=1S/C17H30O2/c18-13-8-6-4-2-1-3-5-7-10-16-11-9-12-17(14-16)15-19/h14-15,17-18H,1-13H2. The van der Waals surface area contributed by atoms with E-state index in [-0.39, 0.29) is 5.92 Å². The van der Waals surface area contributed by atoms with Gasteiger partial charge in [0.05, 0.1) is 0 Å². The highest BCUT2D eigenvalue weighted by Gasteiger charge is 2.11. The summed E-state index contributed by atoms with van der Waals surface area (Å²) in [6.45, 7) is 0.344. The largest absolute Gasteiger partial charge is 0.396 e. The van der Waals surface area contributed by atoms with Crippen LogP contribution in [0.1, 0.15) is 77.0 Å². The van der Waals surface area contributed by atoms with Crippen LogP contribution in [0.2, 0.25) is 0 Å². The van der Waals surface area contributed by atoms with Crippen LogP contribution in [-0.2, 0) is 4.79 Å². The van der Waals surface area contributed by atoms with Crippen molar-refractivity contribution in [2.75, 3.05) is 6.61 Å². The molecule has 1 atom stereocenters. The number of carbonyl (C=O) groups is 1. The van der Waals surface area contributed by atoms with Gasteiger partial charge in [-0.3, -0.25) is 0 Å². The lowest BCUT2D eigenvalue weighted by molar-refractivity contribution is -0.110. The van der Waals surface area contributed by atoms with Crippen molar-refractivity contribution in [2.24, 2.45) is 5.92 Å². The molecule has 0 fully saturated rings. The molecule has 110 valence electrons. The summed E-state index contributed by atoms with van der Waals surface area (Å²) in [6, 6.07) is 0.